The zero-order valence-corrected chi connectivity index (χ0v) is 9.25. The Kier molecular flexibility index (Phi) is 2.93. The minimum atomic E-state index is 0.754. The molecule has 0 radical (unpaired) electrons. The van der Waals surface area contributed by atoms with Crippen LogP contribution in [0.2, 0.25) is 5.02 Å². The predicted octanol–water partition coefficient (Wildman–Crippen LogP) is 4.39. The Morgan fingerprint density at radius 3 is 1.80 bits per heavy atom. The number of anilines is 2. The van der Waals surface area contributed by atoms with E-state index >= 15 is 0 Å². The molecule has 0 bridgehead atoms. The van der Waals surface area contributed by atoms with Crippen molar-refractivity contribution in [3.8, 4) is 0 Å². The third-order valence-electron chi connectivity index (χ3n) is 2.18. The molecule has 0 unspecified atom stereocenters. The average Bonchev–Trinajstić information content (AvgIpc) is 2.25. The van der Waals surface area contributed by atoms with E-state index in [-0.39, 0.29) is 0 Å². The van der Waals surface area contributed by atoms with E-state index in [0.29, 0.717) is 0 Å². The zero-order valence-electron chi connectivity index (χ0n) is 8.50. The van der Waals surface area contributed by atoms with E-state index in [2.05, 4.69) is 36.5 Å². The molecule has 15 heavy (non-hydrogen) atoms. The Hall–Kier alpha value is -1.47. The minimum absolute atomic E-state index is 0.754. The van der Waals surface area contributed by atoms with Crippen LogP contribution in [-0.2, 0) is 0 Å². The average molecular weight is 218 g/mol. The summed E-state index contributed by atoms with van der Waals surface area (Å²) in [6.07, 6.45) is 0. The minimum Gasteiger partial charge on any atom is -0.356 e. The quantitative estimate of drug-likeness (QED) is 0.787. The standard InChI is InChI=1S/C13H12ClN/c1-10-2-6-12(7-3-10)15-13-8-4-11(14)5-9-13/h2-9,15H,1H3. The second-order valence-corrected chi connectivity index (χ2v) is 3.93. The fourth-order valence-corrected chi connectivity index (χ4v) is 1.46. The Morgan fingerprint density at radius 1 is 0.800 bits per heavy atom. The molecule has 0 fully saturated rings. The summed E-state index contributed by atoms with van der Waals surface area (Å²) in [4.78, 5) is 0. The number of halogens is 1. The summed E-state index contributed by atoms with van der Waals surface area (Å²) in [6, 6.07) is 15.9. The number of nitrogens with one attached hydrogen (secondary N) is 1. The van der Waals surface area contributed by atoms with Gasteiger partial charge in [0.1, 0.15) is 0 Å². The summed E-state index contributed by atoms with van der Waals surface area (Å²) in [5, 5.41) is 4.05. The molecule has 2 heteroatoms. The van der Waals surface area contributed by atoms with Crippen LogP contribution in [0, 0.1) is 6.92 Å². The summed E-state index contributed by atoms with van der Waals surface area (Å²) >= 11 is 5.81. The number of benzene rings is 2. The first-order valence-electron chi connectivity index (χ1n) is 4.83. The van der Waals surface area contributed by atoms with E-state index in [1.54, 1.807) is 0 Å². The van der Waals surface area contributed by atoms with E-state index in [4.69, 9.17) is 11.6 Å². The van der Waals surface area contributed by atoms with E-state index in [9.17, 15) is 0 Å². The number of aryl methyl sites for hydroxylation is 1. The van der Waals surface area contributed by atoms with Gasteiger partial charge >= 0.3 is 0 Å². The van der Waals surface area contributed by atoms with Gasteiger partial charge in [0, 0.05) is 16.4 Å². The summed E-state index contributed by atoms with van der Waals surface area (Å²) in [5.74, 6) is 0. The van der Waals surface area contributed by atoms with Crippen molar-refractivity contribution >= 4 is 23.0 Å². The van der Waals surface area contributed by atoms with Gasteiger partial charge in [-0.2, -0.15) is 0 Å². The molecular weight excluding hydrogens is 206 g/mol. The third kappa shape index (κ3) is 2.74. The Bertz CT molecular complexity index is 388. The van der Waals surface area contributed by atoms with Gasteiger partial charge in [0.15, 0.2) is 0 Å². The van der Waals surface area contributed by atoms with Gasteiger partial charge in [-0.25, -0.2) is 0 Å². The number of hydrogen-bond acceptors (Lipinski definition) is 1. The first-order valence-corrected chi connectivity index (χ1v) is 5.21. The zero-order chi connectivity index (χ0) is 10.7. The van der Waals surface area contributed by atoms with Crippen molar-refractivity contribution in [2.24, 2.45) is 0 Å². The molecule has 0 aromatic heterocycles. The van der Waals surface area contributed by atoms with Crippen LogP contribution in [0.4, 0.5) is 11.4 Å². The highest BCUT2D eigenvalue weighted by Crippen LogP contribution is 2.18. The molecule has 2 aromatic carbocycles. The lowest BCUT2D eigenvalue weighted by molar-refractivity contribution is 1.45. The smallest absolute Gasteiger partial charge is 0.0407 e. The van der Waals surface area contributed by atoms with Crippen LogP contribution in [0.1, 0.15) is 5.56 Å². The van der Waals surface area contributed by atoms with E-state index in [1.807, 2.05) is 24.3 Å². The Labute approximate surface area is 94.7 Å². The third-order valence-corrected chi connectivity index (χ3v) is 2.44. The predicted molar refractivity (Wildman–Crippen MR) is 65.9 cm³/mol. The lowest BCUT2D eigenvalue weighted by Gasteiger charge is -2.06. The van der Waals surface area contributed by atoms with Crippen molar-refractivity contribution in [3.05, 3.63) is 59.1 Å². The van der Waals surface area contributed by atoms with Crippen molar-refractivity contribution in [2.75, 3.05) is 5.32 Å². The summed E-state index contributed by atoms with van der Waals surface area (Å²) in [7, 11) is 0. The molecule has 0 saturated heterocycles. The second-order valence-electron chi connectivity index (χ2n) is 3.50. The van der Waals surface area contributed by atoms with Gasteiger partial charge in [-0.1, -0.05) is 29.3 Å². The van der Waals surface area contributed by atoms with Crippen LogP contribution in [0.5, 0.6) is 0 Å². The van der Waals surface area contributed by atoms with E-state index < -0.39 is 0 Å². The van der Waals surface area contributed by atoms with Crippen LogP contribution >= 0.6 is 11.6 Å². The lowest BCUT2D eigenvalue weighted by Crippen LogP contribution is -1.89. The largest absolute Gasteiger partial charge is 0.356 e. The fraction of sp³-hybridized carbons (Fsp3) is 0.0769. The molecule has 2 rings (SSSR count). The molecule has 0 heterocycles. The molecule has 1 nitrogen and oxygen atoms in total. The molecule has 0 spiro atoms. The van der Waals surface area contributed by atoms with Crippen LogP contribution in [-0.4, -0.2) is 0 Å². The normalized spacial score (nSPS) is 10.0. The van der Waals surface area contributed by atoms with Crippen LogP contribution in [0.15, 0.2) is 48.5 Å². The van der Waals surface area contributed by atoms with E-state index in [1.165, 1.54) is 5.56 Å². The van der Waals surface area contributed by atoms with Crippen LogP contribution < -0.4 is 5.32 Å². The molecule has 0 aliphatic carbocycles. The Balaban J connectivity index is 2.15. The molecule has 0 saturated carbocycles. The van der Waals surface area contributed by atoms with Crippen molar-refractivity contribution in [1.82, 2.24) is 0 Å². The van der Waals surface area contributed by atoms with Crippen LogP contribution in [0.25, 0.3) is 0 Å². The van der Waals surface area contributed by atoms with Crippen molar-refractivity contribution in [3.63, 3.8) is 0 Å². The highest BCUT2D eigenvalue weighted by atomic mass is 35.5. The molecule has 1 N–H and O–H groups in total. The summed E-state index contributed by atoms with van der Waals surface area (Å²) < 4.78 is 0. The first-order chi connectivity index (χ1) is 7.24. The molecule has 0 aliphatic rings. The Morgan fingerprint density at radius 2 is 1.27 bits per heavy atom. The topological polar surface area (TPSA) is 12.0 Å². The SMILES string of the molecule is Cc1ccc(Nc2ccc(Cl)cc2)cc1. The van der Waals surface area contributed by atoms with Gasteiger partial charge in [0.2, 0.25) is 0 Å². The van der Waals surface area contributed by atoms with Gasteiger partial charge in [-0.15, -0.1) is 0 Å². The molecular formula is C13H12ClN. The van der Waals surface area contributed by atoms with Crippen molar-refractivity contribution < 1.29 is 0 Å². The summed E-state index contributed by atoms with van der Waals surface area (Å²) in [5.41, 5.74) is 3.39. The highest BCUT2D eigenvalue weighted by Gasteiger charge is 1.94. The van der Waals surface area contributed by atoms with Gasteiger partial charge < -0.3 is 5.32 Å². The summed E-state index contributed by atoms with van der Waals surface area (Å²) in [6.45, 7) is 2.08. The highest BCUT2D eigenvalue weighted by molar-refractivity contribution is 6.30. The molecule has 2 aromatic rings. The molecule has 0 atom stereocenters. The molecule has 76 valence electrons. The molecule has 0 aliphatic heterocycles. The second kappa shape index (κ2) is 4.37. The lowest BCUT2D eigenvalue weighted by atomic mass is 10.2. The van der Waals surface area contributed by atoms with Gasteiger partial charge in [0.25, 0.3) is 0 Å². The molecule has 0 amide bonds. The monoisotopic (exact) mass is 217 g/mol. The van der Waals surface area contributed by atoms with Gasteiger partial charge in [-0.3, -0.25) is 0 Å². The van der Waals surface area contributed by atoms with Crippen LogP contribution in [0.3, 0.4) is 0 Å². The van der Waals surface area contributed by atoms with Crippen molar-refractivity contribution in [1.29, 1.82) is 0 Å². The maximum absolute atomic E-state index is 5.81. The first kappa shape index (κ1) is 10.1. The van der Waals surface area contributed by atoms with Gasteiger partial charge in [0.05, 0.1) is 0 Å². The maximum Gasteiger partial charge on any atom is 0.0407 e. The number of hydrogen-bond donors (Lipinski definition) is 1. The maximum atomic E-state index is 5.81. The van der Waals surface area contributed by atoms with E-state index in [0.717, 1.165) is 16.4 Å². The number of rotatable bonds is 2. The fourth-order valence-electron chi connectivity index (χ4n) is 1.34. The van der Waals surface area contributed by atoms with Gasteiger partial charge in [-0.05, 0) is 43.3 Å². The van der Waals surface area contributed by atoms with Crippen molar-refractivity contribution in [2.45, 2.75) is 6.92 Å².